The molecular formula is C13H20N4O. The lowest BCUT2D eigenvalue weighted by atomic mass is 9.98. The van der Waals surface area contributed by atoms with Crippen LogP contribution in [-0.2, 0) is 0 Å². The van der Waals surface area contributed by atoms with E-state index < -0.39 is 5.91 Å². The highest BCUT2D eigenvalue weighted by Gasteiger charge is 2.29. The number of nitrogens with two attached hydrogens (primary N) is 2. The number of anilines is 2. The van der Waals surface area contributed by atoms with Crippen LogP contribution in [0.2, 0.25) is 0 Å². The predicted octanol–water partition coefficient (Wildman–Crippen LogP) is 1.61. The van der Waals surface area contributed by atoms with Gasteiger partial charge in [0.1, 0.15) is 5.82 Å². The van der Waals surface area contributed by atoms with Gasteiger partial charge in [0, 0.05) is 6.04 Å². The van der Waals surface area contributed by atoms with E-state index in [1.807, 2.05) is 0 Å². The summed E-state index contributed by atoms with van der Waals surface area (Å²) in [6.07, 6.45) is 3.82. The molecular weight excluding hydrogens is 228 g/mol. The fourth-order valence-electron chi connectivity index (χ4n) is 2.52. The van der Waals surface area contributed by atoms with E-state index in [4.69, 9.17) is 11.5 Å². The normalized spacial score (nSPS) is 27.1. The van der Waals surface area contributed by atoms with E-state index in [-0.39, 0.29) is 0 Å². The van der Waals surface area contributed by atoms with Crippen molar-refractivity contribution < 1.29 is 4.79 Å². The number of hydrogen-bond acceptors (Lipinski definition) is 4. The molecule has 1 aliphatic carbocycles. The third-order valence-corrected chi connectivity index (χ3v) is 4.00. The zero-order valence-corrected chi connectivity index (χ0v) is 10.8. The SMILES string of the molecule is CC1CCC(Nc2cc(C(N)=O)c(N)cn2)C1C. The van der Waals surface area contributed by atoms with E-state index in [1.165, 1.54) is 12.6 Å². The Morgan fingerprint density at radius 1 is 1.44 bits per heavy atom. The first-order valence-corrected chi connectivity index (χ1v) is 6.31. The largest absolute Gasteiger partial charge is 0.397 e. The van der Waals surface area contributed by atoms with Crippen molar-refractivity contribution in [3.63, 3.8) is 0 Å². The zero-order valence-electron chi connectivity index (χ0n) is 10.8. The minimum atomic E-state index is -0.522. The monoisotopic (exact) mass is 248 g/mol. The lowest BCUT2D eigenvalue weighted by Gasteiger charge is -2.20. The molecule has 0 bridgehead atoms. The zero-order chi connectivity index (χ0) is 13.3. The minimum absolute atomic E-state index is 0.320. The second-order valence-electron chi connectivity index (χ2n) is 5.19. The van der Waals surface area contributed by atoms with E-state index in [2.05, 4.69) is 24.1 Å². The van der Waals surface area contributed by atoms with Crippen LogP contribution < -0.4 is 16.8 Å². The Bertz CT molecular complexity index is 460. The summed E-state index contributed by atoms with van der Waals surface area (Å²) >= 11 is 0. The Morgan fingerprint density at radius 3 is 2.72 bits per heavy atom. The summed E-state index contributed by atoms with van der Waals surface area (Å²) < 4.78 is 0. The van der Waals surface area contributed by atoms with E-state index in [9.17, 15) is 4.79 Å². The molecule has 18 heavy (non-hydrogen) atoms. The second kappa shape index (κ2) is 4.84. The number of nitrogens with zero attached hydrogens (tertiary/aromatic N) is 1. The molecule has 1 aliphatic rings. The van der Waals surface area contributed by atoms with Gasteiger partial charge < -0.3 is 16.8 Å². The van der Waals surface area contributed by atoms with Gasteiger partial charge >= 0.3 is 0 Å². The van der Waals surface area contributed by atoms with Gasteiger partial charge in [-0.15, -0.1) is 0 Å². The Hall–Kier alpha value is -1.78. The highest BCUT2D eigenvalue weighted by molar-refractivity contribution is 5.98. The predicted molar refractivity (Wildman–Crippen MR) is 72.1 cm³/mol. The Labute approximate surface area is 107 Å². The summed E-state index contributed by atoms with van der Waals surface area (Å²) in [5.41, 5.74) is 11.6. The first kappa shape index (κ1) is 12.7. The number of amides is 1. The number of carbonyl (C=O) groups is 1. The summed E-state index contributed by atoms with van der Waals surface area (Å²) in [5.74, 6) is 1.46. The number of hydrogen-bond donors (Lipinski definition) is 3. The Balaban J connectivity index is 2.15. The third-order valence-electron chi connectivity index (χ3n) is 4.00. The molecule has 98 valence electrons. The number of nitrogen functional groups attached to an aromatic ring is 1. The maximum Gasteiger partial charge on any atom is 0.250 e. The van der Waals surface area contributed by atoms with E-state index in [1.54, 1.807) is 6.07 Å². The Morgan fingerprint density at radius 2 is 2.17 bits per heavy atom. The van der Waals surface area contributed by atoms with Gasteiger partial charge in [-0.05, 0) is 30.7 Å². The summed E-state index contributed by atoms with van der Waals surface area (Å²) in [7, 11) is 0. The lowest BCUT2D eigenvalue weighted by molar-refractivity contribution is 0.100. The van der Waals surface area contributed by atoms with Crippen molar-refractivity contribution in [1.82, 2.24) is 4.98 Å². The highest BCUT2D eigenvalue weighted by Crippen LogP contribution is 2.33. The van der Waals surface area contributed by atoms with Gasteiger partial charge in [-0.1, -0.05) is 13.8 Å². The van der Waals surface area contributed by atoms with Crippen molar-refractivity contribution in [3.05, 3.63) is 17.8 Å². The molecule has 1 aromatic heterocycles. The Kier molecular flexibility index (Phi) is 3.41. The van der Waals surface area contributed by atoms with Crippen LogP contribution in [0.4, 0.5) is 11.5 Å². The van der Waals surface area contributed by atoms with Crippen LogP contribution in [0.15, 0.2) is 12.3 Å². The molecule has 3 unspecified atom stereocenters. The summed E-state index contributed by atoms with van der Waals surface area (Å²) in [4.78, 5) is 15.4. The molecule has 5 N–H and O–H groups in total. The number of aromatic nitrogens is 1. The molecule has 1 amide bonds. The van der Waals surface area contributed by atoms with Crippen LogP contribution >= 0.6 is 0 Å². The summed E-state index contributed by atoms with van der Waals surface area (Å²) in [6.45, 7) is 4.50. The maximum absolute atomic E-state index is 11.2. The first-order valence-electron chi connectivity index (χ1n) is 6.31. The summed E-state index contributed by atoms with van der Waals surface area (Å²) in [6, 6.07) is 2.03. The fraction of sp³-hybridized carbons (Fsp3) is 0.538. The van der Waals surface area contributed by atoms with Crippen LogP contribution in [0, 0.1) is 11.8 Å². The quantitative estimate of drug-likeness (QED) is 0.757. The number of pyridine rings is 1. The molecule has 5 heteroatoms. The first-order chi connectivity index (χ1) is 8.49. The average molecular weight is 248 g/mol. The molecule has 0 aliphatic heterocycles. The lowest BCUT2D eigenvalue weighted by Crippen LogP contribution is -2.25. The van der Waals surface area contributed by atoms with Gasteiger partial charge in [-0.3, -0.25) is 4.79 Å². The summed E-state index contributed by atoms with van der Waals surface area (Å²) in [5, 5.41) is 3.37. The van der Waals surface area contributed by atoms with Gasteiger partial charge in [0.15, 0.2) is 0 Å². The topological polar surface area (TPSA) is 94.0 Å². The highest BCUT2D eigenvalue weighted by atomic mass is 16.1. The van der Waals surface area contributed by atoms with Crippen molar-refractivity contribution in [3.8, 4) is 0 Å². The van der Waals surface area contributed by atoms with Crippen molar-refractivity contribution in [1.29, 1.82) is 0 Å². The molecule has 0 saturated heterocycles. The van der Waals surface area contributed by atoms with Crippen LogP contribution in [0.3, 0.4) is 0 Å². The van der Waals surface area contributed by atoms with Gasteiger partial charge in [-0.25, -0.2) is 4.98 Å². The molecule has 0 radical (unpaired) electrons. The molecule has 1 saturated carbocycles. The smallest absolute Gasteiger partial charge is 0.250 e. The van der Waals surface area contributed by atoms with Gasteiger partial charge in [-0.2, -0.15) is 0 Å². The van der Waals surface area contributed by atoms with Gasteiger partial charge in [0.25, 0.3) is 5.91 Å². The van der Waals surface area contributed by atoms with Crippen LogP contribution in [0.25, 0.3) is 0 Å². The van der Waals surface area contributed by atoms with Crippen molar-refractivity contribution in [2.24, 2.45) is 17.6 Å². The second-order valence-corrected chi connectivity index (χ2v) is 5.19. The average Bonchev–Trinajstić information content (AvgIpc) is 2.63. The number of primary amides is 1. The fourth-order valence-corrected chi connectivity index (χ4v) is 2.52. The number of rotatable bonds is 3. The van der Waals surface area contributed by atoms with Crippen molar-refractivity contribution in [2.45, 2.75) is 32.7 Å². The molecule has 1 aromatic rings. The maximum atomic E-state index is 11.2. The van der Waals surface area contributed by atoms with Crippen LogP contribution in [0.1, 0.15) is 37.0 Å². The molecule has 2 rings (SSSR count). The van der Waals surface area contributed by atoms with E-state index in [0.717, 1.165) is 6.42 Å². The molecule has 0 aromatic carbocycles. The van der Waals surface area contributed by atoms with Crippen molar-refractivity contribution in [2.75, 3.05) is 11.1 Å². The minimum Gasteiger partial charge on any atom is -0.397 e. The van der Waals surface area contributed by atoms with Crippen molar-refractivity contribution >= 4 is 17.4 Å². The standard InChI is InChI=1S/C13H20N4O/c1-7-3-4-11(8(7)2)17-12-5-9(13(15)18)10(14)6-16-12/h5-8,11H,3-4,14H2,1-2H3,(H2,15,18)(H,16,17). The molecule has 1 fully saturated rings. The number of nitrogens with one attached hydrogen (secondary N) is 1. The third kappa shape index (κ3) is 2.39. The number of carbonyl (C=O) groups excluding carboxylic acids is 1. The molecule has 3 atom stereocenters. The van der Waals surface area contributed by atoms with Crippen LogP contribution in [0.5, 0.6) is 0 Å². The van der Waals surface area contributed by atoms with Crippen LogP contribution in [-0.4, -0.2) is 16.9 Å². The van der Waals surface area contributed by atoms with Gasteiger partial charge in [0.05, 0.1) is 17.4 Å². The van der Waals surface area contributed by atoms with Gasteiger partial charge in [0.2, 0.25) is 0 Å². The molecule has 1 heterocycles. The van der Waals surface area contributed by atoms with E-state index >= 15 is 0 Å². The molecule has 0 spiro atoms. The molecule has 5 nitrogen and oxygen atoms in total. The van der Waals surface area contributed by atoms with E-state index in [0.29, 0.717) is 34.9 Å².